The highest BCUT2D eigenvalue weighted by atomic mass is 35.5. The Bertz CT molecular complexity index is 1260. The summed E-state index contributed by atoms with van der Waals surface area (Å²) in [6.07, 6.45) is -0.0168. The van der Waals surface area contributed by atoms with Crippen LogP contribution in [0.2, 0.25) is 5.02 Å². The number of hydrogen-bond acceptors (Lipinski definition) is 3. The minimum atomic E-state index is -4.50. The number of amides is 2. The van der Waals surface area contributed by atoms with E-state index in [0.717, 1.165) is 56.2 Å². The summed E-state index contributed by atoms with van der Waals surface area (Å²) in [6, 6.07) is 9.41. The van der Waals surface area contributed by atoms with E-state index in [-0.39, 0.29) is 48.1 Å². The van der Waals surface area contributed by atoms with E-state index in [1.54, 1.807) is 17.0 Å². The third kappa shape index (κ3) is 4.77. The number of anilines is 1. The summed E-state index contributed by atoms with van der Waals surface area (Å²) < 4.78 is 39.3. The van der Waals surface area contributed by atoms with Gasteiger partial charge >= 0.3 is 12.1 Å². The van der Waals surface area contributed by atoms with Crippen LogP contribution in [0.15, 0.2) is 42.5 Å². The number of nitrogens with one attached hydrogen (secondary N) is 1. The van der Waals surface area contributed by atoms with E-state index < -0.39 is 23.2 Å². The van der Waals surface area contributed by atoms with Gasteiger partial charge in [0.1, 0.15) is 0 Å². The first kappa shape index (κ1) is 26.5. The molecule has 2 amide bonds. The fourth-order valence-electron chi connectivity index (χ4n) is 6.62. The molecular weight excluding hydrogens is 521 g/mol. The maximum Gasteiger partial charge on any atom is 0.416 e. The summed E-state index contributed by atoms with van der Waals surface area (Å²) in [5.41, 5.74) is 0.279. The Hall–Kier alpha value is -3.07. The number of carboxylic acid groups (broad SMARTS) is 1. The molecule has 3 unspecified atom stereocenters. The molecule has 10 heteroatoms. The molecule has 0 bridgehead atoms. The van der Waals surface area contributed by atoms with Crippen molar-refractivity contribution >= 4 is 35.1 Å². The van der Waals surface area contributed by atoms with Gasteiger partial charge in [-0.2, -0.15) is 13.2 Å². The van der Waals surface area contributed by atoms with Crippen molar-refractivity contribution in [3.05, 3.63) is 64.2 Å². The van der Waals surface area contributed by atoms with Crippen LogP contribution >= 0.6 is 11.6 Å². The van der Waals surface area contributed by atoms with Crippen LogP contribution in [0, 0.1) is 5.92 Å². The minimum absolute atomic E-state index is 0.0298. The fourth-order valence-corrected chi connectivity index (χ4v) is 6.78. The molecule has 0 radical (unpaired) electrons. The number of hydrogen-bond donors (Lipinski definition) is 2. The predicted molar refractivity (Wildman–Crippen MR) is 135 cm³/mol. The molecule has 5 rings (SSSR count). The van der Waals surface area contributed by atoms with E-state index >= 15 is 0 Å². The van der Waals surface area contributed by atoms with Crippen LogP contribution in [-0.2, 0) is 15.8 Å². The molecule has 0 saturated heterocycles. The lowest BCUT2D eigenvalue weighted by molar-refractivity contribution is -0.139. The van der Waals surface area contributed by atoms with Gasteiger partial charge in [0.05, 0.1) is 12.0 Å². The third-order valence-corrected chi connectivity index (χ3v) is 8.59. The second kappa shape index (κ2) is 9.91. The number of aliphatic carboxylic acids is 1. The van der Waals surface area contributed by atoms with Gasteiger partial charge < -0.3 is 15.3 Å². The van der Waals surface area contributed by atoms with Crippen LogP contribution in [-0.4, -0.2) is 34.5 Å². The number of nitrogens with zero attached hydrogens (tertiary/aromatic N) is 1. The molecule has 2 aliphatic carbocycles. The monoisotopic (exact) mass is 548 g/mol. The highest BCUT2D eigenvalue weighted by Gasteiger charge is 2.56. The molecule has 3 aliphatic rings. The van der Waals surface area contributed by atoms with Gasteiger partial charge in [-0.25, -0.2) is 0 Å². The maximum absolute atomic E-state index is 13.8. The molecule has 0 spiro atoms. The number of fused-ring (bicyclic) bond motifs is 2. The Morgan fingerprint density at radius 1 is 1.03 bits per heavy atom. The van der Waals surface area contributed by atoms with Crippen molar-refractivity contribution in [2.45, 2.75) is 75.0 Å². The van der Waals surface area contributed by atoms with Gasteiger partial charge in [0.25, 0.3) is 5.91 Å². The number of carbonyl (C=O) groups excluding carboxylic acids is 2. The summed E-state index contributed by atoms with van der Waals surface area (Å²) in [4.78, 5) is 39.3. The summed E-state index contributed by atoms with van der Waals surface area (Å²) in [6.45, 7) is 0. The number of carboxylic acids is 1. The van der Waals surface area contributed by atoms with E-state index in [2.05, 4.69) is 5.32 Å². The van der Waals surface area contributed by atoms with Crippen LogP contribution in [0.3, 0.4) is 0 Å². The zero-order valence-corrected chi connectivity index (χ0v) is 21.3. The van der Waals surface area contributed by atoms with Gasteiger partial charge in [0.2, 0.25) is 5.91 Å². The summed E-state index contributed by atoms with van der Waals surface area (Å²) >= 11 is 6.38. The maximum atomic E-state index is 13.8. The zero-order chi connectivity index (χ0) is 27.2. The van der Waals surface area contributed by atoms with Gasteiger partial charge in [-0.1, -0.05) is 24.1 Å². The van der Waals surface area contributed by atoms with Crippen molar-refractivity contribution < 1.29 is 32.7 Å². The van der Waals surface area contributed by atoms with Gasteiger partial charge in [-0.3, -0.25) is 14.4 Å². The van der Waals surface area contributed by atoms with Gasteiger partial charge in [-0.05, 0) is 80.0 Å². The number of carbonyl (C=O) groups is 3. The number of rotatable bonds is 6. The molecule has 202 valence electrons. The van der Waals surface area contributed by atoms with E-state index in [0.29, 0.717) is 10.7 Å². The predicted octanol–water partition coefficient (Wildman–Crippen LogP) is 6.18. The van der Waals surface area contributed by atoms with Crippen molar-refractivity contribution in [2.24, 2.45) is 5.92 Å². The van der Waals surface area contributed by atoms with E-state index in [1.165, 1.54) is 12.1 Å². The van der Waals surface area contributed by atoms with Crippen molar-refractivity contribution in [3.63, 3.8) is 0 Å². The number of benzene rings is 2. The Morgan fingerprint density at radius 3 is 2.34 bits per heavy atom. The summed E-state index contributed by atoms with van der Waals surface area (Å²) in [5.74, 6) is -1.79. The second-order valence-corrected chi connectivity index (χ2v) is 11.0. The molecule has 2 fully saturated rings. The Morgan fingerprint density at radius 2 is 1.74 bits per heavy atom. The van der Waals surface area contributed by atoms with Crippen molar-refractivity contribution in [2.75, 3.05) is 4.90 Å². The van der Waals surface area contributed by atoms with Crippen molar-refractivity contribution in [1.29, 1.82) is 0 Å². The van der Waals surface area contributed by atoms with E-state index in [9.17, 15) is 27.6 Å². The molecule has 1 aliphatic heterocycles. The smallest absolute Gasteiger partial charge is 0.416 e. The molecule has 6 nitrogen and oxygen atoms in total. The van der Waals surface area contributed by atoms with Gasteiger partial charge in [0, 0.05) is 40.2 Å². The fraction of sp³-hybridized carbons (Fsp3) is 0.464. The quantitative estimate of drug-likeness (QED) is 0.451. The largest absolute Gasteiger partial charge is 0.481 e. The highest BCUT2D eigenvalue weighted by Crippen LogP contribution is 2.58. The van der Waals surface area contributed by atoms with Crippen LogP contribution < -0.4 is 10.2 Å². The normalized spacial score (nSPS) is 23.7. The molecule has 2 saturated carbocycles. The average Bonchev–Trinajstić information content (AvgIpc) is 3.32. The van der Waals surface area contributed by atoms with Crippen LogP contribution in [0.25, 0.3) is 0 Å². The highest BCUT2D eigenvalue weighted by molar-refractivity contribution is 6.31. The van der Waals surface area contributed by atoms with Gasteiger partial charge in [0.15, 0.2) is 0 Å². The van der Waals surface area contributed by atoms with Crippen LogP contribution in [0.5, 0.6) is 0 Å². The molecule has 38 heavy (non-hydrogen) atoms. The van der Waals surface area contributed by atoms with Gasteiger partial charge in [-0.15, -0.1) is 0 Å². The zero-order valence-electron chi connectivity index (χ0n) is 20.6. The van der Waals surface area contributed by atoms with Crippen LogP contribution in [0.4, 0.5) is 18.9 Å². The first-order valence-corrected chi connectivity index (χ1v) is 13.2. The number of halogens is 4. The summed E-state index contributed by atoms with van der Waals surface area (Å²) in [5, 5.41) is 12.6. The molecule has 1 heterocycles. The first-order valence-electron chi connectivity index (χ1n) is 12.8. The molecule has 0 aromatic heterocycles. The lowest BCUT2D eigenvalue weighted by Gasteiger charge is -2.55. The molecular formula is C28H28ClF3N2O4. The lowest BCUT2D eigenvalue weighted by Crippen LogP contribution is -2.62. The molecule has 2 aromatic rings. The SMILES string of the molecule is O=C(O)CCC(=O)NC1(C2c3ccc(Cl)cc3N(C(=O)c3ccc(C(F)(F)F)cc3)C3CCCC32)CCC1. The molecule has 3 atom stereocenters. The minimum Gasteiger partial charge on any atom is -0.481 e. The Balaban J connectivity index is 1.53. The first-order chi connectivity index (χ1) is 18.0. The average molecular weight is 549 g/mol. The number of alkyl halides is 3. The van der Waals surface area contributed by atoms with Crippen molar-refractivity contribution in [3.8, 4) is 0 Å². The Kier molecular flexibility index (Phi) is 6.92. The van der Waals surface area contributed by atoms with Crippen LogP contribution in [0.1, 0.15) is 78.8 Å². The molecule has 2 aromatic carbocycles. The van der Waals surface area contributed by atoms with Crippen molar-refractivity contribution in [1.82, 2.24) is 5.32 Å². The molecule has 2 N–H and O–H groups in total. The second-order valence-electron chi connectivity index (χ2n) is 10.5. The topological polar surface area (TPSA) is 86.7 Å². The third-order valence-electron chi connectivity index (χ3n) is 8.35. The Labute approximate surface area is 223 Å². The lowest BCUT2D eigenvalue weighted by atomic mass is 9.59. The summed E-state index contributed by atoms with van der Waals surface area (Å²) in [7, 11) is 0. The standard InChI is InChI=1S/C28H28ClF3N2O4/c29-18-9-10-20-22(15-18)34(26(38)16-5-7-17(8-6-16)28(30,31)32)21-4-1-3-19(21)25(20)27(13-2-14-27)33-23(35)11-12-24(36)37/h5-10,15,19,21,25H,1-4,11-14H2,(H,33,35)(H,36,37). The van der Waals surface area contributed by atoms with E-state index in [1.807, 2.05) is 6.07 Å². The van der Waals surface area contributed by atoms with E-state index in [4.69, 9.17) is 16.7 Å².